The number of carboxylic acid groups (broad SMARTS) is 1. The Kier molecular flexibility index (Phi) is 4.31. The van der Waals surface area contributed by atoms with Gasteiger partial charge in [-0.1, -0.05) is 12.1 Å². The average molecular weight is 317 g/mol. The van der Waals surface area contributed by atoms with E-state index in [4.69, 9.17) is 4.74 Å². The van der Waals surface area contributed by atoms with E-state index in [1.54, 1.807) is 6.92 Å². The molecule has 1 fully saturated rings. The Morgan fingerprint density at radius 3 is 2.76 bits per heavy atom. The van der Waals surface area contributed by atoms with Crippen LogP contribution in [0.3, 0.4) is 0 Å². The van der Waals surface area contributed by atoms with Crippen molar-refractivity contribution < 1.29 is 27.4 Å². The van der Waals surface area contributed by atoms with Gasteiger partial charge in [-0.25, -0.2) is 12.8 Å². The minimum absolute atomic E-state index is 0.0593. The third kappa shape index (κ3) is 3.58. The van der Waals surface area contributed by atoms with E-state index in [9.17, 15) is 22.7 Å². The molecule has 0 bridgehead atoms. The first-order valence-electron chi connectivity index (χ1n) is 6.32. The Balaban J connectivity index is 2.18. The summed E-state index contributed by atoms with van der Waals surface area (Å²) in [4.78, 5) is 11.3. The van der Waals surface area contributed by atoms with E-state index in [-0.39, 0.29) is 25.2 Å². The Labute approximate surface area is 122 Å². The van der Waals surface area contributed by atoms with Gasteiger partial charge >= 0.3 is 5.97 Å². The molecule has 0 aliphatic carbocycles. The molecule has 6 nitrogen and oxygen atoms in total. The predicted molar refractivity (Wildman–Crippen MR) is 72.7 cm³/mol. The summed E-state index contributed by atoms with van der Waals surface area (Å²) in [7, 11) is -3.93. The molecule has 1 aliphatic heterocycles. The summed E-state index contributed by atoms with van der Waals surface area (Å²) in [6, 6.07) is 4.11. The minimum atomic E-state index is -3.93. The van der Waals surface area contributed by atoms with E-state index in [1.807, 2.05) is 0 Å². The Hall–Kier alpha value is -1.51. The highest BCUT2D eigenvalue weighted by Gasteiger charge is 2.45. The number of nitrogens with one attached hydrogen (secondary N) is 1. The second-order valence-corrected chi connectivity index (χ2v) is 6.86. The van der Waals surface area contributed by atoms with Gasteiger partial charge < -0.3 is 9.84 Å². The summed E-state index contributed by atoms with van der Waals surface area (Å²) in [6.45, 7) is 1.53. The number of aliphatic carboxylic acids is 1. The topological polar surface area (TPSA) is 92.7 Å². The molecule has 1 aromatic carbocycles. The van der Waals surface area contributed by atoms with Crippen molar-refractivity contribution in [3.05, 3.63) is 35.1 Å². The molecule has 1 atom stereocenters. The third-order valence-corrected chi connectivity index (χ3v) is 4.79. The number of sulfonamides is 1. The maximum Gasteiger partial charge on any atom is 0.327 e. The van der Waals surface area contributed by atoms with Crippen LogP contribution >= 0.6 is 0 Å². The number of hydrogen-bond acceptors (Lipinski definition) is 4. The van der Waals surface area contributed by atoms with Crippen molar-refractivity contribution in [1.29, 1.82) is 0 Å². The molecule has 1 saturated heterocycles. The van der Waals surface area contributed by atoms with Crippen molar-refractivity contribution in [2.75, 3.05) is 13.2 Å². The summed E-state index contributed by atoms with van der Waals surface area (Å²) < 4.78 is 44.8. The number of hydrogen-bond donors (Lipinski definition) is 2. The maximum atomic E-state index is 13.4. The second-order valence-electron chi connectivity index (χ2n) is 5.13. The number of rotatable bonds is 5. The number of carboxylic acids is 1. The molecule has 116 valence electrons. The van der Waals surface area contributed by atoms with E-state index in [0.29, 0.717) is 5.56 Å². The third-order valence-electron chi connectivity index (χ3n) is 3.37. The first-order valence-corrected chi connectivity index (χ1v) is 7.97. The molecule has 0 saturated carbocycles. The van der Waals surface area contributed by atoms with E-state index in [0.717, 1.165) is 6.07 Å². The molecule has 0 aromatic heterocycles. The summed E-state index contributed by atoms with van der Waals surface area (Å²) in [6.07, 6.45) is 0.0593. The van der Waals surface area contributed by atoms with Gasteiger partial charge in [0.2, 0.25) is 10.0 Å². The summed E-state index contributed by atoms with van der Waals surface area (Å²) in [5.41, 5.74) is -0.970. The molecule has 1 aromatic rings. The molecule has 0 radical (unpaired) electrons. The fraction of sp³-hybridized carbons (Fsp3) is 0.462. The predicted octanol–water partition coefficient (Wildman–Crippen LogP) is 0.797. The zero-order valence-corrected chi connectivity index (χ0v) is 12.2. The maximum absolute atomic E-state index is 13.4. The van der Waals surface area contributed by atoms with Crippen LogP contribution in [-0.2, 0) is 25.3 Å². The monoisotopic (exact) mass is 317 g/mol. The molecule has 1 heterocycles. The van der Waals surface area contributed by atoms with Gasteiger partial charge in [-0.05, 0) is 24.1 Å². The summed E-state index contributed by atoms with van der Waals surface area (Å²) >= 11 is 0. The van der Waals surface area contributed by atoms with Crippen molar-refractivity contribution in [3.8, 4) is 0 Å². The molecule has 2 rings (SSSR count). The zero-order valence-electron chi connectivity index (χ0n) is 11.4. The van der Waals surface area contributed by atoms with E-state index < -0.39 is 33.1 Å². The molecule has 0 spiro atoms. The Morgan fingerprint density at radius 2 is 2.24 bits per heavy atom. The number of halogens is 1. The fourth-order valence-electron chi connectivity index (χ4n) is 2.14. The van der Waals surface area contributed by atoms with Crippen LogP contribution in [0, 0.1) is 12.7 Å². The lowest BCUT2D eigenvalue weighted by molar-refractivity contribution is -0.144. The quantitative estimate of drug-likeness (QED) is 0.838. The van der Waals surface area contributed by atoms with Crippen molar-refractivity contribution >= 4 is 16.0 Å². The van der Waals surface area contributed by atoms with Gasteiger partial charge in [0.05, 0.1) is 12.4 Å². The fourth-order valence-corrected chi connectivity index (χ4v) is 3.67. The lowest BCUT2D eigenvalue weighted by atomic mass is 10.0. The highest BCUT2D eigenvalue weighted by molar-refractivity contribution is 7.88. The molecule has 8 heteroatoms. The second kappa shape index (κ2) is 5.70. The number of aryl methyl sites for hydroxylation is 1. The first-order chi connectivity index (χ1) is 9.74. The van der Waals surface area contributed by atoms with Crippen LogP contribution < -0.4 is 4.72 Å². The molecule has 2 N–H and O–H groups in total. The SMILES string of the molecule is Cc1ccc(CS(=O)(=O)NC2(C(=O)O)CCOC2)cc1F. The van der Waals surface area contributed by atoms with Gasteiger partial charge in [0.1, 0.15) is 5.82 Å². The van der Waals surface area contributed by atoms with Crippen LogP contribution in [0.1, 0.15) is 17.5 Å². The van der Waals surface area contributed by atoms with Crippen molar-refractivity contribution in [2.24, 2.45) is 0 Å². The number of benzene rings is 1. The van der Waals surface area contributed by atoms with Gasteiger partial charge in [-0.2, -0.15) is 4.72 Å². The lowest BCUT2D eigenvalue weighted by Gasteiger charge is -2.23. The molecular formula is C13H16FNO5S. The normalized spacial score (nSPS) is 22.4. The summed E-state index contributed by atoms with van der Waals surface area (Å²) in [5, 5.41) is 9.21. The van der Waals surface area contributed by atoms with Gasteiger partial charge in [-0.15, -0.1) is 0 Å². The highest BCUT2D eigenvalue weighted by Crippen LogP contribution is 2.21. The lowest BCUT2D eigenvalue weighted by Crippen LogP contribution is -2.55. The standard InChI is InChI=1S/C13H16FNO5S/c1-9-2-3-10(6-11(9)14)7-21(18,19)15-13(12(16)17)4-5-20-8-13/h2-3,6,15H,4-5,7-8H2,1H3,(H,16,17). The van der Waals surface area contributed by atoms with Crippen LogP contribution in [0.25, 0.3) is 0 Å². The smallest absolute Gasteiger partial charge is 0.327 e. The van der Waals surface area contributed by atoms with Crippen LogP contribution in [0.2, 0.25) is 0 Å². The summed E-state index contributed by atoms with van der Waals surface area (Å²) in [5.74, 6) is -2.27. The van der Waals surface area contributed by atoms with Crippen LogP contribution in [0.15, 0.2) is 18.2 Å². The van der Waals surface area contributed by atoms with Crippen LogP contribution in [0.4, 0.5) is 4.39 Å². The minimum Gasteiger partial charge on any atom is -0.480 e. The van der Waals surface area contributed by atoms with Crippen molar-refractivity contribution in [1.82, 2.24) is 4.72 Å². The molecule has 1 aliphatic rings. The molecule has 0 amide bonds. The molecule has 1 unspecified atom stereocenters. The van der Waals surface area contributed by atoms with Crippen LogP contribution in [0.5, 0.6) is 0 Å². The van der Waals surface area contributed by atoms with Crippen LogP contribution in [-0.4, -0.2) is 38.2 Å². The largest absolute Gasteiger partial charge is 0.480 e. The Morgan fingerprint density at radius 1 is 1.52 bits per heavy atom. The average Bonchev–Trinajstić information content (AvgIpc) is 2.82. The zero-order chi connectivity index (χ0) is 15.7. The van der Waals surface area contributed by atoms with E-state index in [1.165, 1.54) is 12.1 Å². The van der Waals surface area contributed by atoms with Gasteiger partial charge in [0.25, 0.3) is 0 Å². The van der Waals surface area contributed by atoms with E-state index in [2.05, 4.69) is 4.72 Å². The van der Waals surface area contributed by atoms with E-state index >= 15 is 0 Å². The van der Waals surface area contributed by atoms with Gasteiger partial charge in [0.15, 0.2) is 5.54 Å². The Bertz CT molecular complexity index is 653. The molecule has 21 heavy (non-hydrogen) atoms. The van der Waals surface area contributed by atoms with Crippen molar-refractivity contribution in [2.45, 2.75) is 24.6 Å². The number of carbonyl (C=O) groups is 1. The first kappa shape index (κ1) is 15.9. The highest BCUT2D eigenvalue weighted by atomic mass is 32.2. The number of ether oxygens (including phenoxy) is 1. The van der Waals surface area contributed by atoms with Gasteiger partial charge in [0, 0.05) is 13.0 Å². The van der Waals surface area contributed by atoms with Gasteiger partial charge in [-0.3, -0.25) is 4.79 Å². The molecular weight excluding hydrogens is 301 g/mol. The van der Waals surface area contributed by atoms with Crippen molar-refractivity contribution in [3.63, 3.8) is 0 Å².